The van der Waals surface area contributed by atoms with Crippen LogP contribution in [0.3, 0.4) is 0 Å². The van der Waals surface area contributed by atoms with Crippen molar-refractivity contribution < 1.29 is 17.9 Å². The third-order valence-electron chi connectivity index (χ3n) is 5.45. The maximum Gasteiger partial charge on any atom is 0.213 e. The van der Waals surface area contributed by atoms with Crippen LogP contribution >= 0.6 is 0 Å². The van der Waals surface area contributed by atoms with Crippen LogP contribution in [0.5, 0.6) is 5.88 Å². The van der Waals surface area contributed by atoms with E-state index in [1.54, 1.807) is 13.2 Å². The minimum absolute atomic E-state index is 0.147. The third-order valence-corrected chi connectivity index (χ3v) is 7.65. The number of pyridine rings is 1. The molecule has 2 atom stereocenters. The van der Waals surface area contributed by atoms with E-state index in [0.29, 0.717) is 50.0 Å². The molecule has 0 N–H and O–H groups in total. The second-order valence-corrected chi connectivity index (χ2v) is 9.93. The Labute approximate surface area is 171 Å². The van der Waals surface area contributed by atoms with E-state index in [2.05, 4.69) is 21.8 Å². The zero-order valence-electron chi connectivity index (χ0n) is 17.0. The van der Waals surface area contributed by atoms with Gasteiger partial charge in [-0.25, -0.2) is 23.4 Å². The van der Waals surface area contributed by atoms with Crippen molar-refractivity contribution >= 4 is 15.7 Å². The summed E-state index contributed by atoms with van der Waals surface area (Å²) < 4.78 is 36.0. The summed E-state index contributed by atoms with van der Waals surface area (Å²) in [5.41, 5.74) is 2.10. The van der Waals surface area contributed by atoms with Crippen molar-refractivity contribution in [1.82, 2.24) is 15.0 Å². The second-order valence-electron chi connectivity index (χ2n) is 7.63. The fourth-order valence-corrected chi connectivity index (χ4v) is 5.82. The van der Waals surface area contributed by atoms with Gasteiger partial charge in [0.25, 0.3) is 0 Å². The molecule has 29 heavy (non-hydrogen) atoms. The van der Waals surface area contributed by atoms with E-state index in [1.807, 2.05) is 19.1 Å². The van der Waals surface area contributed by atoms with E-state index >= 15 is 0 Å². The van der Waals surface area contributed by atoms with Crippen LogP contribution in [-0.4, -0.2) is 62.0 Å². The number of morpholine rings is 1. The second kappa shape index (κ2) is 7.87. The number of rotatable bonds is 4. The lowest BCUT2D eigenvalue weighted by Gasteiger charge is -2.34. The normalized spacial score (nSPS) is 23.9. The molecule has 0 spiro atoms. The highest BCUT2D eigenvalue weighted by molar-refractivity contribution is 7.91. The predicted molar refractivity (Wildman–Crippen MR) is 110 cm³/mol. The Morgan fingerprint density at radius 1 is 1.21 bits per heavy atom. The van der Waals surface area contributed by atoms with Crippen LogP contribution in [0.25, 0.3) is 11.4 Å². The fraction of sp³-hybridized carbons (Fsp3) is 0.550. The molecule has 2 fully saturated rings. The molecule has 0 aromatic carbocycles. The first-order valence-corrected chi connectivity index (χ1v) is 11.6. The predicted octanol–water partition coefficient (Wildman–Crippen LogP) is 2.33. The topological polar surface area (TPSA) is 94.5 Å². The van der Waals surface area contributed by atoms with Gasteiger partial charge in [0.05, 0.1) is 37.8 Å². The highest BCUT2D eigenvalue weighted by Crippen LogP contribution is 2.36. The van der Waals surface area contributed by atoms with Crippen LogP contribution < -0.4 is 9.64 Å². The molecule has 9 heteroatoms. The Morgan fingerprint density at radius 3 is 2.72 bits per heavy atom. The minimum Gasteiger partial charge on any atom is -0.481 e. The fourth-order valence-electron chi connectivity index (χ4n) is 3.96. The largest absolute Gasteiger partial charge is 0.481 e. The molecule has 1 unspecified atom stereocenters. The van der Waals surface area contributed by atoms with Crippen LogP contribution in [0.1, 0.15) is 36.4 Å². The molecule has 4 rings (SSSR count). The smallest absolute Gasteiger partial charge is 0.213 e. The first kappa shape index (κ1) is 20.0. The van der Waals surface area contributed by atoms with E-state index in [-0.39, 0.29) is 11.8 Å². The molecular weight excluding hydrogens is 392 g/mol. The van der Waals surface area contributed by atoms with Gasteiger partial charge in [-0.2, -0.15) is 0 Å². The van der Waals surface area contributed by atoms with Gasteiger partial charge >= 0.3 is 0 Å². The lowest BCUT2D eigenvalue weighted by atomic mass is 10.1. The summed E-state index contributed by atoms with van der Waals surface area (Å²) in [4.78, 5) is 16.0. The molecule has 2 aromatic heterocycles. The zero-order chi connectivity index (χ0) is 20.6. The molecule has 8 nitrogen and oxygen atoms in total. The Morgan fingerprint density at radius 2 is 2.03 bits per heavy atom. The summed E-state index contributed by atoms with van der Waals surface area (Å²) >= 11 is 0. The highest BCUT2D eigenvalue weighted by atomic mass is 32.2. The van der Waals surface area contributed by atoms with E-state index in [9.17, 15) is 8.42 Å². The van der Waals surface area contributed by atoms with Crippen molar-refractivity contribution in [2.24, 2.45) is 0 Å². The molecule has 0 amide bonds. The van der Waals surface area contributed by atoms with E-state index < -0.39 is 15.1 Å². The number of aromatic nitrogens is 3. The molecule has 2 aliphatic heterocycles. The molecule has 2 aliphatic rings. The number of sulfone groups is 1. The number of nitrogens with zero attached hydrogens (tertiary/aromatic N) is 4. The Hall–Kier alpha value is -2.26. The molecule has 4 heterocycles. The molecule has 2 saturated heterocycles. The van der Waals surface area contributed by atoms with Gasteiger partial charge < -0.3 is 14.4 Å². The van der Waals surface area contributed by atoms with Gasteiger partial charge in [0.1, 0.15) is 11.1 Å². The van der Waals surface area contributed by atoms with Crippen molar-refractivity contribution in [3.8, 4) is 17.3 Å². The summed E-state index contributed by atoms with van der Waals surface area (Å²) in [6, 6.07) is 5.65. The summed E-state index contributed by atoms with van der Waals surface area (Å²) in [7, 11) is -1.63. The molecule has 0 aliphatic carbocycles. The Balaban J connectivity index is 1.85. The summed E-state index contributed by atoms with van der Waals surface area (Å²) in [6.45, 7) is 5.88. The number of anilines is 1. The van der Waals surface area contributed by atoms with Crippen LogP contribution in [0.15, 0.2) is 18.2 Å². The number of hydrogen-bond donors (Lipinski definition) is 0. The maximum atomic E-state index is 12.6. The average molecular weight is 419 g/mol. The SMILES string of the molecule is COc1cc(-c2nc(C3CCCS3(=O)=O)cc(N3CCOC[C@H]3C)n2)cc(C)n1. The van der Waals surface area contributed by atoms with Gasteiger partial charge in [0.2, 0.25) is 5.88 Å². The molecule has 156 valence electrons. The Bertz CT molecular complexity index is 1010. The highest BCUT2D eigenvalue weighted by Gasteiger charge is 2.35. The summed E-state index contributed by atoms with van der Waals surface area (Å²) in [6.07, 6.45) is 1.26. The van der Waals surface area contributed by atoms with E-state index in [1.165, 1.54) is 0 Å². The lowest BCUT2D eigenvalue weighted by Crippen LogP contribution is -2.44. The van der Waals surface area contributed by atoms with Crippen LogP contribution in [-0.2, 0) is 14.6 Å². The van der Waals surface area contributed by atoms with Crippen LogP contribution in [0.2, 0.25) is 0 Å². The molecule has 0 bridgehead atoms. The van der Waals surface area contributed by atoms with Crippen molar-refractivity contribution in [3.05, 3.63) is 29.6 Å². The van der Waals surface area contributed by atoms with Crippen molar-refractivity contribution in [2.45, 2.75) is 38.0 Å². The first-order chi connectivity index (χ1) is 13.9. The van der Waals surface area contributed by atoms with Gasteiger partial charge in [-0.1, -0.05) is 0 Å². The number of ether oxygens (including phenoxy) is 2. The maximum absolute atomic E-state index is 12.6. The first-order valence-electron chi connectivity index (χ1n) is 9.85. The van der Waals surface area contributed by atoms with Gasteiger partial charge in [0, 0.05) is 29.9 Å². The van der Waals surface area contributed by atoms with Crippen LogP contribution in [0.4, 0.5) is 5.82 Å². The summed E-state index contributed by atoms with van der Waals surface area (Å²) in [5, 5.41) is -0.579. The van der Waals surface area contributed by atoms with Crippen molar-refractivity contribution in [1.29, 1.82) is 0 Å². The molecule has 0 saturated carbocycles. The quantitative estimate of drug-likeness (QED) is 0.747. The summed E-state index contributed by atoms with van der Waals surface area (Å²) in [5.74, 6) is 1.91. The number of aryl methyl sites for hydroxylation is 1. The van der Waals surface area contributed by atoms with Gasteiger partial charge in [-0.3, -0.25) is 0 Å². The lowest BCUT2D eigenvalue weighted by molar-refractivity contribution is 0.0985. The average Bonchev–Trinajstić information content (AvgIpc) is 3.06. The van der Waals surface area contributed by atoms with Crippen LogP contribution in [0, 0.1) is 6.92 Å². The number of methoxy groups -OCH3 is 1. The molecular formula is C20H26N4O4S. The van der Waals surface area contributed by atoms with Gasteiger partial charge in [0.15, 0.2) is 15.7 Å². The monoisotopic (exact) mass is 418 g/mol. The van der Waals surface area contributed by atoms with Crippen molar-refractivity contribution in [3.63, 3.8) is 0 Å². The molecule has 0 radical (unpaired) electrons. The van der Waals surface area contributed by atoms with E-state index in [0.717, 1.165) is 17.1 Å². The van der Waals surface area contributed by atoms with Gasteiger partial charge in [-0.15, -0.1) is 0 Å². The minimum atomic E-state index is -3.19. The standard InChI is InChI=1S/C20H26N4O4S/c1-13-9-15(10-19(21-13)27-3)20-22-16(17-5-4-8-29(17,25)26)11-18(23-20)24-6-7-28-12-14(24)2/h9-11,14,17H,4-8,12H2,1-3H3/t14-,17?/m1/s1. The van der Waals surface area contributed by atoms with Gasteiger partial charge in [-0.05, 0) is 32.8 Å². The third kappa shape index (κ3) is 4.06. The Kier molecular flexibility index (Phi) is 5.44. The van der Waals surface area contributed by atoms with Crippen molar-refractivity contribution in [2.75, 3.05) is 37.5 Å². The zero-order valence-corrected chi connectivity index (χ0v) is 17.8. The number of hydrogen-bond acceptors (Lipinski definition) is 8. The van der Waals surface area contributed by atoms with E-state index in [4.69, 9.17) is 14.5 Å². The molecule has 2 aromatic rings.